The molecule has 1 fully saturated rings. The largest absolute Gasteiger partial charge is 0.391 e. The van der Waals surface area contributed by atoms with Crippen LogP contribution in [0.25, 0.3) is 0 Å². The Hall–Kier alpha value is -1.52. The lowest BCUT2D eigenvalue weighted by Crippen LogP contribution is -2.28. The lowest BCUT2D eigenvalue weighted by atomic mass is 10.0. The Bertz CT molecular complexity index is 415. The molecular formula is C11H18N4O. The van der Waals surface area contributed by atoms with Crippen LogP contribution in [0, 0.1) is 5.92 Å². The number of nitrogens with zero attached hydrogens (tertiary/aromatic N) is 2. The van der Waals surface area contributed by atoms with Gasteiger partial charge in [-0.05, 0) is 25.2 Å². The first-order chi connectivity index (χ1) is 7.68. The Morgan fingerprint density at radius 2 is 2.31 bits per heavy atom. The highest BCUT2D eigenvalue weighted by Gasteiger charge is 2.17. The SMILES string of the molecule is CC1CCCN(c2nc[nH]c(=O)c2N)CC1. The monoisotopic (exact) mass is 222 g/mol. The van der Waals surface area contributed by atoms with Gasteiger partial charge < -0.3 is 15.6 Å². The summed E-state index contributed by atoms with van der Waals surface area (Å²) < 4.78 is 0. The first-order valence-corrected chi connectivity index (χ1v) is 5.76. The van der Waals surface area contributed by atoms with Crippen molar-refractivity contribution < 1.29 is 0 Å². The van der Waals surface area contributed by atoms with Gasteiger partial charge in [-0.15, -0.1) is 0 Å². The molecule has 88 valence electrons. The van der Waals surface area contributed by atoms with E-state index in [0.29, 0.717) is 5.82 Å². The number of hydrogen-bond acceptors (Lipinski definition) is 4. The molecule has 1 aliphatic rings. The normalized spacial score (nSPS) is 21.8. The summed E-state index contributed by atoms with van der Waals surface area (Å²) in [5.74, 6) is 1.38. The van der Waals surface area contributed by atoms with Gasteiger partial charge in [-0.3, -0.25) is 4.79 Å². The van der Waals surface area contributed by atoms with Crippen molar-refractivity contribution in [2.75, 3.05) is 23.7 Å². The van der Waals surface area contributed by atoms with E-state index in [0.717, 1.165) is 31.8 Å². The number of aromatic amines is 1. The molecule has 0 amide bonds. The maximum Gasteiger partial charge on any atom is 0.276 e. The van der Waals surface area contributed by atoms with E-state index in [9.17, 15) is 4.79 Å². The third kappa shape index (κ3) is 2.18. The number of nitrogens with one attached hydrogen (secondary N) is 1. The van der Waals surface area contributed by atoms with Gasteiger partial charge in [0.1, 0.15) is 5.69 Å². The molecule has 1 aromatic rings. The van der Waals surface area contributed by atoms with E-state index in [1.54, 1.807) is 0 Å². The van der Waals surface area contributed by atoms with Crippen LogP contribution in [-0.4, -0.2) is 23.1 Å². The van der Waals surface area contributed by atoms with E-state index in [-0.39, 0.29) is 11.2 Å². The summed E-state index contributed by atoms with van der Waals surface area (Å²) in [6.45, 7) is 4.13. The average Bonchev–Trinajstić information content (AvgIpc) is 2.47. The van der Waals surface area contributed by atoms with E-state index in [1.807, 2.05) is 0 Å². The Morgan fingerprint density at radius 1 is 1.50 bits per heavy atom. The van der Waals surface area contributed by atoms with Crippen molar-refractivity contribution in [2.45, 2.75) is 26.2 Å². The summed E-state index contributed by atoms with van der Waals surface area (Å²) in [5.41, 5.74) is 5.74. The second-order valence-corrected chi connectivity index (χ2v) is 4.49. The molecular weight excluding hydrogens is 204 g/mol. The average molecular weight is 222 g/mol. The Labute approximate surface area is 94.7 Å². The fourth-order valence-electron chi connectivity index (χ4n) is 2.13. The van der Waals surface area contributed by atoms with E-state index < -0.39 is 0 Å². The first kappa shape index (κ1) is 11.0. The predicted octanol–water partition coefficient (Wildman–Crippen LogP) is 0.978. The number of hydrogen-bond donors (Lipinski definition) is 2. The highest BCUT2D eigenvalue weighted by atomic mass is 16.1. The molecule has 0 aliphatic carbocycles. The van der Waals surface area contributed by atoms with E-state index in [4.69, 9.17) is 5.73 Å². The molecule has 0 bridgehead atoms. The zero-order valence-corrected chi connectivity index (χ0v) is 9.57. The van der Waals surface area contributed by atoms with Crippen molar-refractivity contribution in [1.82, 2.24) is 9.97 Å². The molecule has 5 heteroatoms. The Kier molecular flexibility index (Phi) is 3.12. The van der Waals surface area contributed by atoms with Crippen LogP contribution >= 0.6 is 0 Å². The van der Waals surface area contributed by atoms with Gasteiger partial charge in [-0.2, -0.15) is 0 Å². The lowest BCUT2D eigenvalue weighted by molar-refractivity contribution is 0.521. The van der Waals surface area contributed by atoms with Crippen molar-refractivity contribution >= 4 is 11.5 Å². The minimum atomic E-state index is -0.248. The summed E-state index contributed by atoms with van der Waals surface area (Å²) in [5, 5.41) is 0. The van der Waals surface area contributed by atoms with Crippen molar-refractivity contribution in [3.8, 4) is 0 Å². The number of H-pyrrole nitrogens is 1. The van der Waals surface area contributed by atoms with Gasteiger partial charge in [0, 0.05) is 13.1 Å². The summed E-state index contributed by atoms with van der Waals surface area (Å²) >= 11 is 0. The first-order valence-electron chi connectivity index (χ1n) is 5.76. The molecule has 3 N–H and O–H groups in total. The van der Waals surface area contributed by atoms with Gasteiger partial charge in [-0.25, -0.2) is 4.98 Å². The molecule has 1 saturated heterocycles. The standard InChI is InChI=1S/C11H18N4O/c1-8-3-2-5-15(6-4-8)10-9(12)11(16)14-7-13-10/h7-8H,2-6,12H2,1H3,(H,13,14,16). The Morgan fingerprint density at radius 3 is 3.12 bits per heavy atom. The quantitative estimate of drug-likeness (QED) is 0.742. The van der Waals surface area contributed by atoms with Gasteiger partial charge in [0.05, 0.1) is 6.33 Å². The van der Waals surface area contributed by atoms with Gasteiger partial charge in [0.25, 0.3) is 5.56 Å². The Balaban J connectivity index is 2.23. The van der Waals surface area contributed by atoms with Crippen LogP contribution < -0.4 is 16.2 Å². The minimum Gasteiger partial charge on any atom is -0.391 e. The molecule has 0 saturated carbocycles. The zero-order valence-electron chi connectivity index (χ0n) is 9.57. The molecule has 1 unspecified atom stereocenters. The number of anilines is 2. The second kappa shape index (κ2) is 4.55. The molecule has 16 heavy (non-hydrogen) atoms. The molecule has 0 radical (unpaired) electrons. The molecule has 1 aliphatic heterocycles. The van der Waals surface area contributed by atoms with Gasteiger partial charge in [0.15, 0.2) is 5.82 Å². The third-order valence-electron chi connectivity index (χ3n) is 3.18. The maximum absolute atomic E-state index is 11.4. The van der Waals surface area contributed by atoms with Crippen molar-refractivity contribution in [1.29, 1.82) is 0 Å². The molecule has 2 heterocycles. The van der Waals surface area contributed by atoms with Crippen LogP contribution in [0.3, 0.4) is 0 Å². The summed E-state index contributed by atoms with van der Waals surface area (Å²) in [7, 11) is 0. The molecule has 1 aromatic heterocycles. The summed E-state index contributed by atoms with van der Waals surface area (Å²) in [6.07, 6.45) is 4.92. The van der Waals surface area contributed by atoms with Crippen LogP contribution in [0.1, 0.15) is 26.2 Å². The molecule has 5 nitrogen and oxygen atoms in total. The van der Waals surface area contributed by atoms with Gasteiger partial charge in [0.2, 0.25) is 0 Å². The number of nitrogen functional groups attached to an aromatic ring is 1. The fourth-order valence-corrected chi connectivity index (χ4v) is 2.13. The van der Waals surface area contributed by atoms with E-state index in [1.165, 1.54) is 12.7 Å². The fraction of sp³-hybridized carbons (Fsp3) is 0.636. The highest BCUT2D eigenvalue weighted by Crippen LogP contribution is 2.22. The summed E-state index contributed by atoms with van der Waals surface area (Å²) in [4.78, 5) is 20.2. The van der Waals surface area contributed by atoms with Crippen molar-refractivity contribution in [2.24, 2.45) is 5.92 Å². The topological polar surface area (TPSA) is 75.0 Å². The second-order valence-electron chi connectivity index (χ2n) is 4.49. The van der Waals surface area contributed by atoms with Crippen LogP contribution in [0.2, 0.25) is 0 Å². The third-order valence-corrected chi connectivity index (χ3v) is 3.18. The van der Waals surface area contributed by atoms with Crippen LogP contribution in [0.4, 0.5) is 11.5 Å². The number of rotatable bonds is 1. The van der Waals surface area contributed by atoms with E-state index >= 15 is 0 Å². The van der Waals surface area contributed by atoms with Crippen LogP contribution in [0.15, 0.2) is 11.1 Å². The van der Waals surface area contributed by atoms with Crippen LogP contribution in [-0.2, 0) is 0 Å². The van der Waals surface area contributed by atoms with Crippen molar-refractivity contribution in [3.05, 3.63) is 16.7 Å². The molecule has 0 aromatic carbocycles. The summed E-state index contributed by atoms with van der Waals surface area (Å²) in [6, 6.07) is 0. The van der Waals surface area contributed by atoms with Crippen molar-refractivity contribution in [3.63, 3.8) is 0 Å². The van der Waals surface area contributed by atoms with Crippen LogP contribution in [0.5, 0.6) is 0 Å². The maximum atomic E-state index is 11.4. The van der Waals surface area contributed by atoms with E-state index in [2.05, 4.69) is 21.8 Å². The lowest BCUT2D eigenvalue weighted by Gasteiger charge is -2.22. The van der Waals surface area contributed by atoms with Gasteiger partial charge >= 0.3 is 0 Å². The number of nitrogens with two attached hydrogens (primary N) is 1. The zero-order chi connectivity index (χ0) is 11.5. The minimum absolute atomic E-state index is 0.233. The smallest absolute Gasteiger partial charge is 0.276 e. The van der Waals surface area contributed by atoms with Gasteiger partial charge in [-0.1, -0.05) is 6.92 Å². The molecule has 0 spiro atoms. The predicted molar refractivity (Wildman–Crippen MR) is 64.5 cm³/mol. The highest BCUT2D eigenvalue weighted by molar-refractivity contribution is 5.60. The molecule has 1 atom stereocenters. The number of aromatic nitrogens is 2. The molecule has 2 rings (SSSR count).